The molecule has 3 heteroatoms. The van der Waals surface area contributed by atoms with Gasteiger partial charge in [-0.05, 0) is 60.9 Å². The molecule has 0 amide bonds. The number of carbonyl (C=O) groups is 1. The molecular formula is C21H27NO2. The second kappa shape index (κ2) is 7.10. The van der Waals surface area contributed by atoms with Crippen molar-refractivity contribution in [2.75, 3.05) is 31.2 Å². The Labute approximate surface area is 144 Å². The Bertz CT molecular complexity index is 607. The predicted octanol–water partition coefficient (Wildman–Crippen LogP) is 4.08. The van der Waals surface area contributed by atoms with Gasteiger partial charge in [-0.2, -0.15) is 0 Å². The molecule has 0 spiro atoms. The van der Waals surface area contributed by atoms with Gasteiger partial charge in [0.05, 0.1) is 13.2 Å². The van der Waals surface area contributed by atoms with Crippen molar-refractivity contribution >= 4 is 17.5 Å². The van der Waals surface area contributed by atoms with E-state index in [2.05, 4.69) is 35.2 Å². The van der Waals surface area contributed by atoms with Crippen LogP contribution in [0.4, 0.5) is 5.69 Å². The SMILES string of the molecule is O=C1C(=Cc2ccc(N3CCOCC3)cc2)CCC1C1CCCC1. The minimum Gasteiger partial charge on any atom is -0.378 e. The largest absolute Gasteiger partial charge is 0.378 e. The van der Waals surface area contributed by atoms with Gasteiger partial charge in [0.1, 0.15) is 0 Å². The average molecular weight is 325 g/mol. The molecule has 1 heterocycles. The molecule has 3 nitrogen and oxygen atoms in total. The van der Waals surface area contributed by atoms with Gasteiger partial charge in [0.25, 0.3) is 0 Å². The van der Waals surface area contributed by atoms with Crippen LogP contribution in [0.1, 0.15) is 44.1 Å². The summed E-state index contributed by atoms with van der Waals surface area (Å²) in [6.45, 7) is 3.54. The monoisotopic (exact) mass is 325 g/mol. The van der Waals surface area contributed by atoms with Crippen LogP contribution in [0.2, 0.25) is 0 Å². The van der Waals surface area contributed by atoms with E-state index in [1.165, 1.54) is 31.4 Å². The second-order valence-electron chi connectivity index (χ2n) is 7.41. The number of morpholine rings is 1. The van der Waals surface area contributed by atoms with Gasteiger partial charge < -0.3 is 9.64 Å². The molecule has 3 fully saturated rings. The number of Topliss-reactive ketones (excluding diaryl/α,β-unsaturated/α-hetero) is 1. The fraction of sp³-hybridized carbons (Fsp3) is 0.571. The Balaban J connectivity index is 1.44. The van der Waals surface area contributed by atoms with Crippen LogP contribution in [0.25, 0.3) is 6.08 Å². The Morgan fingerprint density at radius 1 is 1.00 bits per heavy atom. The lowest BCUT2D eigenvalue weighted by Gasteiger charge is -2.28. The molecule has 1 saturated heterocycles. The Kier molecular flexibility index (Phi) is 4.70. The zero-order chi connectivity index (χ0) is 16.4. The molecule has 128 valence electrons. The quantitative estimate of drug-likeness (QED) is 0.784. The van der Waals surface area contributed by atoms with E-state index in [-0.39, 0.29) is 0 Å². The molecule has 1 aliphatic heterocycles. The molecule has 24 heavy (non-hydrogen) atoms. The third-order valence-corrected chi connectivity index (χ3v) is 5.96. The van der Waals surface area contributed by atoms with Crippen molar-refractivity contribution in [1.82, 2.24) is 0 Å². The average Bonchev–Trinajstić information content (AvgIpc) is 3.27. The number of carbonyl (C=O) groups excluding carboxylic acids is 1. The lowest BCUT2D eigenvalue weighted by molar-refractivity contribution is -0.119. The van der Waals surface area contributed by atoms with Crippen molar-refractivity contribution in [3.8, 4) is 0 Å². The molecule has 1 atom stereocenters. The topological polar surface area (TPSA) is 29.5 Å². The standard InChI is InChI=1S/C21H27NO2/c23-21-18(7-10-20(21)17-3-1-2-4-17)15-16-5-8-19(9-6-16)22-11-13-24-14-12-22/h5-6,8-9,15,17,20H,1-4,7,10-14H2. The highest BCUT2D eigenvalue weighted by molar-refractivity contribution is 6.03. The molecule has 0 bridgehead atoms. The number of hydrogen-bond acceptors (Lipinski definition) is 3. The summed E-state index contributed by atoms with van der Waals surface area (Å²) in [4.78, 5) is 15.1. The highest BCUT2D eigenvalue weighted by atomic mass is 16.5. The number of ether oxygens (including phenoxy) is 1. The molecule has 0 radical (unpaired) electrons. The first-order valence-corrected chi connectivity index (χ1v) is 9.49. The number of allylic oxidation sites excluding steroid dienone is 1. The smallest absolute Gasteiger partial charge is 0.162 e. The molecule has 3 aliphatic rings. The van der Waals surface area contributed by atoms with E-state index in [4.69, 9.17) is 4.74 Å². The van der Waals surface area contributed by atoms with Crippen LogP contribution in [-0.4, -0.2) is 32.1 Å². The molecule has 0 aromatic heterocycles. The number of ketones is 1. The van der Waals surface area contributed by atoms with Crippen molar-refractivity contribution < 1.29 is 9.53 Å². The number of nitrogens with zero attached hydrogens (tertiary/aromatic N) is 1. The predicted molar refractivity (Wildman–Crippen MR) is 97.1 cm³/mol. The van der Waals surface area contributed by atoms with Crippen molar-refractivity contribution in [3.05, 3.63) is 35.4 Å². The first-order valence-electron chi connectivity index (χ1n) is 9.49. The third kappa shape index (κ3) is 3.27. The molecule has 1 unspecified atom stereocenters. The normalized spacial score (nSPS) is 27.3. The molecule has 4 rings (SSSR count). The van der Waals surface area contributed by atoms with Crippen molar-refractivity contribution in [2.45, 2.75) is 38.5 Å². The van der Waals surface area contributed by atoms with Crippen LogP contribution in [-0.2, 0) is 9.53 Å². The van der Waals surface area contributed by atoms with E-state index in [0.29, 0.717) is 17.6 Å². The van der Waals surface area contributed by atoms with E-state index < -0.39 is 0 Å². The number of rotatable bonds is 3. The Morgan fingerprint density at radius 3 is 2.42 bits per heavy atom. The van der Waals surface area contributed by atoms with E-state index in [1.807, 2.05) is 0 Å². The first-order chi connectivity index (χ1) is 11.8. The van der Waals surface area contributed by atoms with Gasteiger partial charge in [-0.1, -0.05) is 25.0 Å². The van der Waals surface area contributed by atoms with Gasteiger partial charge in [0.15, 0.2) is 5.78 Å². The Hall–Kier alpha value is -1.61. The van der Waals surface area contributed by atoms with Gasteiger partial charge >= 0.3 is 0 Å². The highest BCUT2D eigenvalue weighted by Gasteiger charge is 2.36. The highest BCUT2D eigenvalue weighted by Crippen LogP contribution is 2.40. The molecule has 2 saturated carbocycles. The Morgan fingerprint density at radius 2 is 1.71 bits per heavy atom. The molecule has 2 aliphatic carbocycles. The number of benzene rings is 1. The summed E-state index contributed by atoms with van der Waals surface area (Å²) in [5.74, 6) is 1.40. The maximum atomic E-state index is 12.7. The van der Waals surface area contributed by atoms with Crippen LogP contribution in [0.3, 0.4) is 0 Å². The van der Waals surface area contributed by atoms with Gasteiger partial charge in [0.2, 0.25) is 0 Å². The fourth-order valence-corrected chi connectivity index (χ4v) is 4.56. The summed E-state index contributed by atoms with van der Waals surface area (Å²) < 4.78 is 5.41. The molecule has 1 aromatic carbocycles. The maximum absolute atomic E-state index is 12.7. The number of hydrogen-bond donors (Lipinski definition) is 0. The zero-order valence-corrected chi connectivity index (χ0v) is 14.4. The zero-order valence-electron chi connectivity index (χ0n) is 14.4. The molecule has 0 N–H and O–H groups in total. The van der Waals surface area contributed by atoms with Crippen LogP contribution in [0.5, 0.6) is 0 Å². The summed E-state index contributed by atoms with van der Waals surface area (Å²) in [7, 11) is 0. The second-order valence-corrected chi connectivity index (χ2v) is 7.41. The first kappa shape index (κ1) is 15.9. The molecule has 1 aromatic rings. The van der Waals surface area contributed by atoms with Crippen LogP contribution in [0, 0.1) is 11.8 Å². The summed E-state index contributed by atoms with van der Waals surface area (Å²) in [5.41, 5.74) is 3.45. The lowest BCUT2D eigenvalue weighted by atomic mass is 9.88. The third-order valence-electron chi connectivity index (χ3n) is 5.96. The minimum atomic E-state index is 0.311. The molecular weight excluding hydrogens is 298 g/mol. The van der Waals surface area contributed by atoms with E-state index >= 15 is 0 Å². The summed E-state index contributed by atoms with van der Waals surface area (Å²) >= 11 is 0. The van der Waals surface area contributed by atoms with Crippen molar-refractivity contribution in [1.29, 1.82) is 0 Å². The van der Waals surface area contributed by atoms with E-state index in [1.54, 1.807) is 0 Å². The van der Waals surface area contributed by atoms with E-state index in [0.717, 1.165) is 50.3 Å². The van der Waals surface area contributed by atoms with Crippen LogP contribution < -0.4 is 4.90 Å². The maximum Gasteiger partial charge on any atom is 0.162 e. The summed E-state index contributed by atoms with van der Waals surface area (Å²) in [6, 6.07) is 8.64. The van der Waals surface area contributed by atoms with E-state index in [9.17, 15) is 4.79 Å². The lowest BCUT2D eigenvalue weighted by Crippen LogP contribution is -2.36. The fourth-order valence-electron chi connectivity index (χ4n) is 4.56. The minimum absolute atomic E-state index is 0.311. The van der Waals surface area contributed by atoms with Gasteiger partial charge in [-0.15, -0.1) is 0 Å². The van der Waals surface area contributed by atoms with Gasteiger partial charge in [-0.25, -0.2) is 0 Å². The van der Waals surface area contributed by atoms with Crippen LogP contribution in [0.15, 0.2) is 29.8 Å². The summed E-state index contributed by atoms with van der Waals surface area (Å²) in [6.07, 6.45) is 9.32. The van der Waals surface area contributed by atoms with Gasteiger partial charge in [-0.3, -0.25) is 4.79 Å². The number of anilines is 1. The van der Waals surface area contributed by atoms with Gasteiger partial charge in [0, 0.05) is 24.7 Å². The van der Waals surface area contributed by atoms with Crippen LogP contribution >= 0.6 is 0 Å². The summed E-state index contributed by atoms with van der Waals surface area (Å²) in [5, 5.41) is 0. The van der Waals surface area contributed by atoms with Crippen molar-refractivity contribution in [3.63, 3.8) is 0 Å². The van der Waals surface area contributed by atoms with Crippen molar-refractivity contribution in [2.24, 2.45) is 11.8 Å².